The number of hydrogen-bond donors (Lipinski definition) is 2. The number of carbonyl (C=O) groups is 2. The van der Waals surface area contributed by atoms with Crippen molar-refractivity contribution in [3.8, 4) is 11.3 Å². The Kier molecular flexibility index (Phi) is 8.51. The summed E-state index contributed by atoms with van der Waals surface area (Å²) in [5, 5.41) is 5.43. The number of rotatable bonds is 8. The molecule has 0 aliphatic rings. The predicted octanol–water partition coefficient (Wildman–Crippen LogP) is 6.45. The number of carbonyl (C=O) groups excluding carboxylic acids is 2. The van der Waals surface area contributed by atoms with Gasteiger partial charge in [0.1, 0.15) is 17.2 Å². The Morgan fingerprint density at radius 3 is 2.41 bits per heavy atom. The molecule has 0 atom stereocenters. The monoisotopic (exact) mass is 553 g/mol. The minimum atomic E-state index is -4.56. The fourth-order valence-corrected chi connectivity index (χ4v) is 3.84. The molecule has 0 bridgehead atoms. The number of nitrogens with zero attached hydrogens (tertiary/aromatic N) is 1. The van der Waals surface area contributed by atoms with Gasteiger partial charge in [-0.15, -0.1) is 0 Å². The zero-order chi connectivity index (χ0) is 28.0. The summed E-state index contributed by atoms with van der Waals surface area (Å²) in [6.45, 7) is 2.16. The summed E-state index contributed by atoms with van der Waals surface area (Å²) >= 11 is 6.13. The van der Waals surface area contributed by atoms with E-state index in [0.29, 0.717) is 12.0 Å². The van der Waals surface area contributed by atoms with Crippen molar-refractivity contribution in [1.29, 1.82) is 0 Å². The molecule has 2 aromatic heterocycles. The second-order valence-electron chi connectivity index (χ2n) is 8.63. The summed E-state index contributed by atoms with van der Waals surface area (Å²) in [5.41, 5.74) is 1.33. The van der Waals surface area contributed by atoms with E-state index in [2.05, 4.69) is 15.6 Å². The largest absolute Gasteiger partial charge is 0.457 e. The van der Waals surface area contributed by atoms with Crippen molar-refractivity contribution >= 4 is 29.5 Å². The number of aryl methyl sites for hydroxylation is 1. The van der Waals surface area contributed by atoms with Gasteiger partial charge in [-0.05, 0) is 73.5 Å². The Morgan fingerprint density at radius 1 is 1.00 bits per heavy atom. The molecule has 2 N–H and O–H groups in total. The van der Waals surface area contributed by atoms with Crippen LogP contribution >= 0.6 is 11.6 Å². The van der Waals surface area contributed by atoms with Crippen molar-refractivity contribution in [3.63, 3.8) is 0 Å². The Balaban J connectivity index is 1.59. The van der Waals surface area contributed by atoms with E-state index >= 15 is 0 Å². The van der Waals surface area contributed by atoms with E-state index in [1.807, 2.05) is 19.1 Å². The molecular weight excluding hydrogens is 531 g/mol. The smallest absolute Gasteiger partial charge is 0.416 e. The Morgan fingerprint density at radius 2 is 1.72 bits per heavy atom. The van der Waals surface area contributed by atoms with Gasteiger partial charge in [0.2, 0.25) is 0 Å². The first-order valence-electron chi connectivity index (χ1n) is 11.8. The fraction of sp³-hybridized carbons (Fsp3) is 0.138. The van der Waals surface area contributed by atoms with Gasteiger partial charge in [0.15, 0.2) is 0 Å². The molecule has 0 unspecified atom stereocenters. The molecule has 0 saturated carbocycles. The van der Waals surface area contributed by atoms with Crippen LogP contribution in [0.15, 0.2) is 89.2 Å². The maximum absolute atomic E-state index is 13.2. The van der Waals surface area contributed by atoms with Crippen LogP contribution in [0.5, 0.6) is 0 Å². The molecule has 4 rings (SSSR count). The lowest BCUT2D eigenvalue weighted by molar-refractivity contribution is -0.137. The number of pyridine rings is 1. The molecule has 10 heteroatoms. The second kappa shape index (κ2) is 12.0. The van der Waals surface area contributed by atoms with E-state index in [-0.39, 0.29) is 34.3 Å². The molecule has 0 spiro atoms. The third-order valence-electron chi connectivity index (χ3n) is 5.73. The molecule has 0 fully saturated rings. The lowest BCUT2D eigenvalue weighted by Crippen LogP contribution is -2.35. The summed E-state index contributed by atoms with van der Waals surface area (Å²) in [7, 11) is 0. The van der Waals surface area contributed by atoms with Crippen molar-refractivity contribution in [1.82, 2.24) is 15.6 Å². The quantitative estimate of drug-likeness (QED) is 0.246. The Hall–Kier alpha value is -4.37. The van der Waals surface area contributed by atoms with Gasteiger partial charge in [0, 0.05) is 36.1 Å². The molecule has 4 aromatic rings. The minimum absolute atomic E-state index is 0.0400. The highest BCUT2D eigenvalue weighted by molar-refractivity contribution is 6.33. The van der Waals surface area contributed by atoms with E-state index in [4.69, 9.17) is 16.0 Å². The lowest BCUT2D eigenvalue weighted by atomic mass is 10.1. The van der Waals surface area contributed by atoms with E-state index in [1.165, 1.54) is 18.2 Å². The van der Waals surface area contributed by atoms with Crippen LogP contribution in [0.1, 0.15) is 32.8 Å². The summed E-state index contributed by atoms with van der Waals surface area (Å²) in [4.78, 5) is 29.9. The number of alkyl halides is 3. The van der Waals surface area contributed by atoms with Crippen LogP contribution in [0, 0.1) is 6.92 Å². The van der Waals surface area contributed by atoms with Crippen LogP contribution in [0.3, 0.4) is 0 Å². The first-order valence-corrected chi connectivity index (χ1v) is 12.2. The van der Waals surface area contributed by atoms with Crippen LogP contribution in [0.25, 0.3) is 17.4 Å². The summed E-state index contributed by atoms with van der Waals surface area (Å²) in [5.74, 6) is -0.889. The fourth-order valence-electron chi connectivity index (χ4n) is 3.63. The zero-order valence-corrected chi connectivity index (χ0v) is 21.4. The van der Waals surface area contributed by atoms with Crippen molar-refractivity contribution in [3.05, 3.63) is 118 Å². The van der Waals surface area contributed by atoms with Crippen LogP contribution < -0.4 is 10.6 Å². The Bertz CT molecular complexity index is 1500. The number of furan rings is 1. The molecule has 0 saturated heterocycles. The minimum Gasteiger partial charge on any atom is -0.457 e. The lowest BCUT2D eigenvalue weighted by Gasteiger charge is -2.11. The third-order valence-corrected chi connectivity index (χ3v) is 6.06. The normalized spacial score (nSPS) is 11.8. The molecule has 39 heavy (non-hydrogen) atoms. The molecule has 0 radical (unpaired) electrons. The maximum Gasteiger partial charge on any atom is 0.416 e. The SMILES string of the molecule is Cc1ccc(C(=O)N/C(=C/c2ccc(-c3cc(C(F)(F)F)ccc3Cl)o2)C(=O)NCCc2ccncc2)cc1. The van der Waals surface area contributed by atoms with Crippen LogP contribution in [-0.4, -0.2) is 23.3 Å². The summed E-state index contributed by atoms with van der Waals surface area (Å²) in [6.07, 6.45) is 0.576. The van der Waals surface area contributed by atoms with Gasteiger partial charge in [0.05, 0.1) is 10.6 Å². The van der Waals surface area contributed by atoms with Crippen molar-refractivity contribution in [2.75, 3.05) is 6.54 Å². The van der Waals surface area contributed by atoms with Gasteiger partial charge in [-0.2, -0.15) is 13.2 Å². The zero-order valence-electron chi connectivity index (χ0n) is 20.7. The average Bonchev–Trinajstić information content (AvgIpc) is 3.37. The highest BCUT2D eigenvalue weighted by Crippen LogP contribution is 2.36. The molecule has 6 nitrogen and oxygen atoms in total. The van der Waals surface area contributed by atoms with Gasteiger partial charge in [-0.25, -0.2) is 0 Å². The van der Waals surface area contributed by atoms with E-state index in [0.717, 1.165) is 29.3 Å². The number of aromatic nitrogens is 1. The third kappa shape index (κ3) is 7.36. The second-order valence-corrected chi connectivity index (χ2v) is 9.04. The highest BCUT2D eigenvalue weighted by Gasteiger charge is 2.31. The molecule has 0 aliphatic heterocycles. The van der Waals surface area contributed by atoms with Gasteiger partial charge in [-0.3, -0.25) is 14.6 Å². The molecule has 2 amide bonds. The van der Waals surface area contributed by atoms with Gasteiger partial charge >= 0.3 is 6.18 Å². The van der Waals surface area contributed by atoms with E-state index in [9.17, 15) is 22.8 Å². The summed E-state index contributed by atoms with van der Waals surface area (Å²) in [6, 6.07) is 16.3. The molecule has 2 aromatic carbocycles. The average molecular weight is 554 g/mol. The van der Waals surface area contributed by atoms with Crippen LogP contribution in [-0.2, 0) is 17.4 Å². The van der Waals surface area contributed by atoms with E-state index in [1.54, 1.807) is 36.7 Å². The van der Waals surface area contributed by atoms with Gasteiger partial charge < -0.3 is 15.1 Å². The standard InChI is InChI=1S/C29H23ClF3N3O3/c1-18-2-4-20(5-3-18)27(37)36-25(28(38)35-15-12-19-10-13-34-14-11-19)17-22-7-9-26(39-22)23-16-21(29(31,32)33)6-8-24(23)30/h2-11,13-14,16-17H,12,15H2,1H3,(H,35,38)(H,36,37)/b25-17+. The summed E-state index contributed by atoms with van der Waals surface area (Å²) < 4.78 is 45.3. The highest BCUT2D eigenvalue weighted by atomic mass is 35.5. The van der Waals surface area contributed by atoms with Crippen molar-refractivity contribution in [2.45, 2.75) is 19.5 Å². The predicted molar refractivity (Wildman–Crippen MR) is 142 cm³/mol. The van der Waals surface area contributed by atoms with Gasteiger partial charge in [-0.1, -0.05) is 29.3 Å². The number of amides is 2. The van der Waals surface area contributed by atoms with Crippen molar-refractivity contribution < 1.29 is 27.2 Å². The number of nitrogens with one attached hydrogen (secondary N) is 2. The van der Waals surface area contributed by atoms with E-state index < -0.39 is 23.6 Å². The number of benzene rings is 2. The number of hydrogen-bond acceptors (Lipinski definition) is 4. The van der Waals surface area contributed by atoms with Crippen molar-refractivity contribution in [2.24, 2.45) is 0 Å². The first-order chi connectivity index (χ1) is 18.6. The first kappa shape index (κ1) is 27.7. The molecule has 0 aliphatic carbocycles. The maximum atomic E-state index is 13.2. The molecular formula is C29H23ClF3N3O3. The van der Waals surface area contributed by atoms with Crippen LogP contribution in [0.4, 0.5) is 13.2 Å². The Labute approximate surface area is 227 Å². The van der Waals surface area contributed by atoms with Crippen LogP contribution in [0.2, 0.25) is 5.02 Å². The number of halogens is 4. The molecule has 200 valence electrons. The topological polar surface area (TPSA) is 84.2 Å². The molecule has 2 heterocycles. The van der Waals surface area contributed by atoms with Gasteiger partial charge in [0.25, 0.3) is 11.8 Å².